The minimum atomic E-state index is -0.372. The van der Waals surface area contributed by atoms with Crippen LogP contribution in [-0.4, -0.2) is 54.3 Å². The molecule has 0 spiro atoms. The number of carbonyl (C=O) groups excluding carboxylic acids is 1. The van der Waals surface area contributed by atoms with Crippen LogP contribution < -0.4 is 25.2 Å². The molecule has 9 heteroatoms. The quantitative estimate of drug-likeness (QED) is 0.674. The van der Waals surface area contributed by atoms with Crippen molar-refractivity contribution in [1.29, 1.82) is 0 Å². The lowest BCUT2D eigenvalue weighted by Crippen LogP contribution is -2.47. The highest BCUT2D eigenvalue weighted by molar-refractivity contribution is 5.99. The lowest BCUT2D eigenvalue weighted by atomic mass is 10.3. The van der Waals surface area contributed by atoms with Gasteiger partial charge in [0.2, 0.25) is 5.95 Å². The second kappa shape index (κ2) is 9.08. The molecule has 1 aromatic carbocycles. The fraction of sp³-hybridized carbons (Fsp3) is 0.238. The van der Waals surface area contributed by atoms with Crippen molar-refractivity contribution < 1.29 is 9.53 Å². The van der Waals surface area contributed by atoms with Gasteiger partial charge in [-0.15, -0.1) is 0 Å². The molecule has 4 rings (SSSR count). The number of pyridine rings is 1. The molecule has 30 heavy (non-hydrogen) atoms. The van der Waals surface area contributed by atoms with E-state index in [0.29, 0.717) is 23.1 Å². The van der Waals surface area contributed by atoms with Crippen molar-refractivity contribution in [2.24, 2.45) is 0 Å². The lowest BCUT2D eigenvalue weighted by Gasteiger charge is -2.35. The van der Waals surface area contributed by atoms with Crippen LogP contribution in [-0.2, 0) is 0 Å². The molecule has 3 aromatic rings. The topological polar surface area (TPSA) is 95.5 Å². The van der Waals surface area contributed by atoms with Gasteiger partial charge in [-0.3, -0.25) is 0 Å². The maximum Gasteiger partial charge on any atom is 0.323 e. The van der Waals surface area contributed by atoms with Gasteiger partial charge in [-0.2, -0.15) is 0 Å². The SMILES string of the molecule is COc1cccc(NC(=O)Nc2cnc(N3CCN(c4ccccn4)CC3)nc2)c1. The summed E-state index contributed by atoms with van der Waals surface area (Å²) in [6, 6.07) is 12.7. The van der Waals surface area contributed by atoms with E-state index in [2.05, 4.69) is 35.4 Å². The zero-order valence-electron chi connectivity index (χ0n) is 16.7. The first-order valence-corrected chi connectivity index (χ1v) is 9.66. The standard InChI is InChI=1S/C21H23N7O2/c1-30-18-6-4-5-16(13-18)25-21(29)26-17-14-23-20(24-15-17)28-11-9-27(10-12-28)19-7-2-3-8-22-19/h2-8,13-15H,9-12H2,1H3,(H2,25,26,29). The fourth-order valence-corrected chi connectivity index (χ4v) is 3.22. The van der Waals surface area contributed by atoms with E-state index >= 15 is 0 Å². The average molecular weight is 405 g/mol. The number of piperazine rings is 1. The Balaban J connectivity index is 1.30. The summed E-state index contributed by atoms with van der Waals surface area (Å²) in [6.45, 7) is 3.31. The number of benzene rings is 1. The van der Waals surface area contributed by atoms with Gasteiger partial charge in [-0.05, 0) is 24.3 Å². The normalized spacial score (nSPS) is 13.6. The van der Waals surface area contributed by atoms with Crippen molar-refractivity contribution >= 4 is 29.2 Å². The van der Waals surface area contributed by atoms with Gasteiger partial charge in [0, 0.05) is 44.1 Å². The van der Waals surface area contributed by atoms with E-state index < -0.39 is 0 Å². The molecule has 1 fully saturated rings. The first-order valence-electron chi connectivity index (χ1n) is 9.66. The number of nitrogens with zero attached hydrogens (tertiary/aromatic N) is 5. The van der Waals surface area contributed by atoms with E-state index in [-0.39, 0.29) is 6.03 Å². The molecule has 0 aliphatic carbocycles. The van der Waals surface area contributed by atoms with Crippen molar-refractivity contribution in [3.8, 4) is 5.75 Å². The predicted molar refractivity (Wildman–Crippen MR) is 116 cm³/mol. The van der Waals surface area contributed by atoms with E-state index in [0.717, 1.165) is 32.0 Å². The smallest absolute Gasteiger partial charge is 0.323 e. The summed E-state index contributed by atoms with van der Waals surface area (Å²) in [7, 11) is 1.58. The van der Waals surface area contributed by atoms with Crippen molar-refractivity contribution in [2.45, 2.75) is 0 Å². The third kappa shape index (κ3) is 4.75. The van der Waals surface area contributed by atoms with E-state index in [1.54, 1.807) is 43.9 Å². The largest absolute Gasteiger partial charge is 0.497 e. The second-order valence-electron chi connectivity index (χ2n) is 6.74. The molecule has 154 valence electrons. The van der Waals surface area contributed by atoms with Crippen LogP contribution in [0, 0.1) is 0 Å². The summed E-state index contributed by atoms with van der Waals surface area (Å²) in [5, 5.41) is 5.49. The molecule has 0 atom stereocenters. The number of carbonyl (C=O) groups is 1. The number of rotatable bonds is 5. The number of hydrogen-bond donors (Lipinski definition) is 2. The van der Waals surface area contributed by atoms with Gasteiger partial charge in [-0.25, -0.2) is 19.7 Å². The molecule has 1 aliphatic heterocycles. The maximum atomic E-state index is 12.2. The van der Waals surface area contributed by atoms with E-state index in [1.165, 1.54) is 0 Å². The number of nitrogens with one attached hydrogen (secondary N) is 2. The van der Waals surface area contributed by atoms with Gasteiger partial charge in [0.15, 0.2) is 0 Å². The average Bonchev–Trinajstić information content (AvgIpc) is 2.80. The van der Waals surface area contributed by atoms with Gasteiger partial charge in [0.25, 0.3) is 0 Å². The minimum absolute atomic E-state index is 0.372. The van der Waals surface area contributed by atoms with Crippen LogP contribution in [0.1, 0.15) is 0 Å². The Bertz CT molecular complexity index is 974. The van der Waals surface area contributed by atoms with Crippen molar-refractivity contribution in [3.63, 3.8) is 0 Å². The summed E-state index contributed by atoms with van der Waals surface area (Å²) >= 11 is 0. The minimum Gasteiger partial charge on any atom is -0.497 e. The van der Waals surface area contributed by atoms with Crippen LogP contribution in [0.2, 0.25) is 0 Å². The zero-order valence-corrected chi connectivity index (χ0v) is 16.7. The Kier molecular flexibility index (Phi) is 5.88. The third-order valence-electron chi connectivity index (χ3n) is 4.76. The Labute approximate surface area is 174 Å². The van der Waals surface area contributed by atoms with Gasteiger partial charge < -0.3 is 25.2 Å². The first kappa shape index (κ1) is 19.4. The van der Waals surface area contributed by atoms with Crippen LogP contribution in [0.25, 0.3) is 0 Å². The highest BCUT2D eigenvalue weighted by atomic mass is 16.5. The number of aromatic nitrogens is 3. The van der Waals surface area contributed by atoms with Gasteiger partial charge in [0.1, 0.15) is 11.6 Å². The zero-order chi connectivity index (χ0) is 20.8. The van der Waals surface area contributed by atoms with Crippen LogP contribution in [0.5, 0.6) is 5.75 Å². The van der Waals surface area contributed by atoms with E-state index in [4.69, 9.17) is 4.74 Å². The fourth-order valence-electron chi connectivity index (χ4n) is 3.22. The molecule has 2 N–H and O–H groups in total. The maximum absolute atomic E-state index is 12.2. The molecule has 2 aromatic heterocycles. The molecule has 1 aliphatic rings. The molecular formula is C21H23N7O2. The highest BCUT2D eigenvalue weighted by Gasteiger charge is 2.19. The molecule has 2 amide bonds. The summed E-state index contributed by atoms with van der Waals surface area (Å²) in [4.78, 5) is 29.8. The van der Waals surface area contributed by atoms with Gasteiger partial charge in [-0.1, -0.05) is 12.1 Å². The van der Waals surface area contributed by atoms with Crippen molar-refractivity contribution in [1.82, 2.24) is 15.0 Å². The number of hydrogen-bond acceptors (Lipinski definition) is 7. The molecule has 1 saturated heterocycles. The Morgan fingerprint density at radius 3 is 2.33 bits per heavy atom. The molecule has 0 bridgehead atoms. The number of amides is 2. The van der Waals surface area contributed by atoms with Gasteiger partial charge in [0.05, 0.1) is 25.2 Å². The van der Waals surface area contributed by atoms with Crippen LogP contribution in [0.3, 0.4) is 0 Å². The number of methoxy groups -OCH3 is 1. The van der Waals surface area contributed by atoms with Crippen molar-refractivity contribution in [2.75, 3.05) is 53.7 Å². The molecule has 3 heterocycles. The Morgan fingerprint density at radius 1 is 0.900 bits per heavy atom. The summed E-state index contributed by atoms with van der Waals surface area (Å²) < 4.78 is 5.15. The summed E-state index contributed by atoms with van der Waals surface area (Å²) in [5.41, 5.74) is 1.15. The van der Waals surface area contributed by atoms with Crippen LogP contribution in [0.15, 0.2) is 61.1 Å². The number of urea groups is 1. The molecule has 0 unspecified atom stereocenters. The van der Waals surface area contributed by atoms with Crippen LogP contribution in [0.4, 0.5) is 27.9 Å². The van der Waals surface area contributed by atoms with E-state index in [1.807, 2.05) is 24.3 Å². The molecule has 9 nitrogen and oxygen atoms in total. The Morgan fingerprint density at radius 2 is 1.63 bits per heavy atom. The summed E-state index contributed by atoms with van der Waals surface area (Å²) in [5.74, 6) is 2.30. The van der Waals surface area contributed by atoms with Crippen molar-refractivity contribution in [3.05, 3.63) is 61.1 Å². The van der Waals surface area contributed by atoms with Gasteiger partial charge >= 0.3 is 6.03 Å². The molecule has 0 saturated carbocycles. The Hall–Kier alpha value is -3.88. The van der Waals surface area contributed by atoms with E-state index in [9.17, 15) is 4.79 Å². The second-order valence-corrected chi connectivity index (χ2v) is 6.74. The predicted octanol–water partition coefficient (Wildman–Crippen LogP) is 2.85. The van der Waals surface area contributed by atoms with Crippen LogP contribution >= 0.6 is 0 Å². The highest BCUT2D eigenvalue weighted by Crippen LogP contribution is 2.18. The number of ether oxygens (including phenoxy) is 1. The monoisotopic (exact) mass is 405 g/mol. The molecular weight excluding hydrogens is 382 g/mol. The molecule has 0 radical (unpaired) electrons. The number of anilines is 4. The summed E-state index contributed by atoms with van der Waals surface area (Å²) in [6.07, 6.45) is 5.03. The first-order chi connectivity index (χ1) is 14.7. The lowest BCUT2D eigenvalue weighted by molar-refractivity contribution is 0.262. The third-order valence-corrected chi connectivity index (χ3v) is 4.76.